The van der Waals surface area contributed by atoms with E-state index in [0.717, 1.165) is 21.5 Å². The van der Waals surface area contributed by atoms with E-state index >= 15 is 0 Å². The van der Waals surface area contributed by atoms with Crippen LogP contribution in [0.25, 0.3) is 0 Å². The Hall–Kier alpha value is -1.33. The SMILES string of the molecule is NC(=S)c1ccc(OCc2ccco2)c(Br)c1. The lowest BCUT2D eigenvalue weighted by atomic mass is 10.2. The third-order valence-corrected chi connectivity index (χ3v) is 3.02. The first kappa shape index (κ1) is 12.1. The summed E-state index contributed by atoms with van der Waals surface area (Å²) in [6.07, 6.45) is 1.61. The molecule has 0 atom stereocenters. The number of nitrogens with two attached hydrogens (primary N) is 1. The van der Waals surface area contributed by atoms with Gasteiger partial charge < -0.3 is 14.9 Å². The summed E-state index contributed by atoms with van der Waals surface area (Å²) in [6, 6.07) is 9.16. The smallest absolute Gasteiger partial charge is 0.146 e. The number of rotatable bonds is 4. The van der Waals surface area contributed by atoms with Gasteiger partial charge in [0.25, 0.3) is 0 Å². The van der Waals surface area contributed by atoms with Gasteiger partial charge in [0, 0.05) is 5.56 Å². The van der Waals surface area contributed by atoms with Crippen molar-refractivity contribution in [2.75, 3.05) is 0 Å². The fourth-order valence-corrected chi connectivity index (χ4v) is 1.93. The van der Waals surface area contributed by atoms with Crippen molar-refractivity contribution < 1.29 is 9.15 Å². The molecule has 5 heteroatoms. The zero-order valence-electron chi connectivity index (χ0n) is 8.85. The second kappa shape index (κ2) is 5.33. The first-order valence-electron chi connectivity index (χ1n) is 4.91. The predicted octanol–water partition coefficient (Wildman–Crippen LogP) is 3.26. The third-order valence-electron chi connectivity index (χ3n) is 2.17. The second-order valence-electron chi connectivity index (χ2n) is 3.38. The summed E-state index contributed by atoms with van der Waals surface area (Å²) in [6.45, 7) is 0.387. The van der Waals surface area contributed by atoms with Crippen molar-refractivity contribution in [1.82, 2.24) is 0 Å². The maximum Gasteiger partial charge on any atom is 0.146 e. The standard InChI is InChI=1S/C12H10BrNO2S/c13-10-6-8(12(14)17)3-4-11(10)16-7-9-2-1-5-15-9/h1-6H,7H2,(H2,14,17). The van der Waals surface area contributed by atoms with Crippen LogP contribution in [0.3, 0.4) is 0 Å². The average molecular weight is 312 g/mol. The molecule has 0 saturated carbocycles. The van der Waals surface area contributed by atoms with E-state index in [-0.39, 0.29) is 0 Å². The van der Waals surface area contributed by atoms with Crippen molar-refractivity contribution in [3.8, 4) is 5.75 Å². The molecule has 88 valence electrons. The molecule has 0 radical (unpaired) electrons. The molecule has 0 unspecified atom stereocenters. The van der Waals surface area contributed by atoms with E-state index in [1.807, 2.05) is 30.3 Å². The molecular weight excluding hydrogens is 302 g/mol. The number of furan rings is 1. The van der Waals surface area contributed by atoms with Gasteiger partial charge in [-0.25, -0.2) is 0 Å². The van der Waals surface area contributed by atoms with Crippen LogP contribution in [0, 0.1) is 0 Å². The molecule has 0 aliphatic heterocycles. The minimum Gasteiger partial charge on any atom is -0.484 e. The molecule has 0 saturated heterocycles. The molecule has 2 rings (SSSR count). The quantitative estimate of drug-likeness (QED) is 0.881. The lowest BCUT2D eigenvalue weighted by Gasteiger charge is -2.08. The molecule has 0 fully saturated rings. The molecule has 2 N–H and O–H groups in total. The van der Waals surface area contributed by atoms with Crippen molar-refractivity contribution in [2.45, 2.75) is 6.61 Å². The van der Waals surface area contributed by atoms with Gasteiger partial charge in [-0.1, -0.05) is 12.2 Å². The lowest BCUT2D eigenvalue weighted by Crippen LogP contribution is -2.09. The molecule has 3 nitrogen and oxygen atoms in total. The van der Waals surface area contributed by atoms with E-state index in [4.69, 9.17) is 27.1 Å². The third kappa shape index (κ3) is 3.08. The lowest BCUT2D eigenvalue weighted by molar-refractivity contribution is 0.269. The van der Waals surface area contributed by atoms with Crippen LogP contribution < -0.4 is 10.5 Å². The summed E-state index contributed by atoms with van der Waals surface area (Å²) >= 11 is 8.30. The van der Waals surface area contributed by atoms with Crippen LogP contribution >= 0.6 is 28.1 Å². The maximum absolute atomic E-state index is 5.59. The fourth-order valence-electron chi connectivity index (χ4n) is 1.31. The van der Waals surface area contributed by atoms with Crippen LogP contribution in [0.4, 0.5) is 0 Å². The number of halogens is 1. The summed E-state index contributed by atoms with van der Waals surface area (Å²) in [7, 11) is 0. The molecule has 0 spiro atoms. The van der Waals surface area contributed by atoms with Gasteiger partial charge in [-0.3, -0.25) is 0 Å². The van der Waals surface area contributed by atoms with Crippen molar-refractivity contribution >= 4 is 33.1 Å². The number of benzene rings is 1. The largest absolute Gasteiger partial charge is 0.484 e. The number of ether oxygens (including phenoxy) is 1. The Morgan fingerprint density at radius 2 is 2.24 bits per heavy atom. The number of hydrogen-bond acceptors (Lipinski definition) is 3. The van der Waals surface area contributed by atoms with Gasteiger partial charge in [-0.2, -0.15) is 0 Å². The average Bonchev–Trinajstić information content (AvgIpc) is 2.80. The maximum atomic E-state index is 5.59. The molecule has 1 aromatic carbocycles. The van der Waals surface area contributed by atoms with Gasteiger partial charge in [0.05, 0.1) is 10.7 Å². The van der Waals surface area contributed by atoms with E-state index in [2.05, 4.69) is 15.9 Å². The molecule has 17 heavy (non-hydrogen) atoms. The van der Waals surface area contributed by atoms with Crippen LogP contribution in [-0.2, 0) is 6.61 Å². The summed E-state index contributed by atoms with van der Waals surface area (Å²) < 4.78 is 11.6. The van der Waals surface area contributed by atoms with E-state index in [0.29, 0.717) is 11.6 Å². The summed E-state index contributed by atoms with van der Waals surface area (Å²) in [4.78, 5) is 0.364. The molecule has 0 aliphatic carbocycles. The monoisotopic (exact) mass is 311 g/mol. The predicted molar refractivity (Wildman–Crippen MR) is 73.1 cm³/mol. The Balaban J connectivity index is 2.09. The normalized spacial score (nSPS) is 10.2. The highest BCUT2D eigenvalue weighted by Gasteiger charge is 2.05. The van der Waals surface area contributed by atoms with Gasteiger partial charge in [0.1, 0.15) is 23.1 Å². The Bertz CT molecular complexity index is 525. The highest BCUT2D eigenvalue weighted by Crippen LogP contribution is 2.26. The molecule has 2 aromatic rings. The van der Waals surface area contributed by atoms with Crippen molar-refractivity contribution in [2.24, 2.45) is 5.73 Å². The highest BCUT2D eigenvalue weighted by molar-refractivity contribution is 9.10. The second-order valence-corrected chi connectivity index (χ2v) is 4.67. The van der Waals surface area contributed by atoms with Gasteiger partial charge in [0.15, 0.2) is 0 Å². The van der Waals surface area contributed by atoms with E-state index in [1.54, 1.807) is 6.26 Å². The van der Waals surface area contributed by atoms with Crippen molar-refractivity contribution in [3.05, 3.63) is 52.4 Å². The van der Waals surface area contributed by atoms with E-state index < -0.39 is 0 Å². The van der Waals surface area contributed by atoms with E-state index in [9.17, 15) is 0 Å². The molecule has 0 amide bonds. The Morgan fingerprint density at radius 1 is 1.41 bits per heavy atom. The number of hydrogen-bond donors (Lipinski definition) is 1. The molecule has 1 heterocycles. The summed E-state index contributed by atoms with van der Waals surface area (Å²) in [5.41, 5.74) is 6.34. The first-order chi connectivity index (χ1) is 8.16. The highest BCUT2D eigenvalue weighted by atomic mass is 79.9. The topological polar surface area (TPSA) is 48.4 Å². The minimum atomic E-state index is 0.364. The van der Waals surface area contributed by atoms with Gasteiger partial charge in [-0.05, 0) is 46.3 Å². The van der Waals surface area contributed by atoms with Crippen molar-refractivity contribution in [1.29, 1.82) is 0 Å². The van der Waals surface area contributed by atoms with Crippen molar-refractivity contribution in [3.63, 3.8) is 0 Å². The zero-order valence-corrected chi connectivity index (χ0v) is 11.3. The van der Waals surface area contributed by atoms with Gasteiger partial charge in [-0.15, -0.1) is 0 Å². The van der Waals surface area contributed by atoms with Gasteiger partial charge >= 0.3 is 0 Å². The van der Waals surface area contributed by atoms with Crippen LogP contribution in [0.2, 0.25) is 0 Å². The summed E-state index contributed by atoms with van der Waals surface area (Å²) in [5, 5.41) is 0. The molecule has 1 aromatic heterocycles. The zero-order chi connectivity index (χ0) is 12.3. The first-order valence-corrected chi connectivity index (χ1v) is 6.11. The Kier molecular flexibility index (Phi) is 3.81. The Morgan fingerprint density at radius 3 is 2.82 bits per heavy atom. The van der Waals surface area contributed by atoms with Crippen LogP contribution in [0.5, 0.6) is 5.75 Å². The van der Waals surface area contributed by atoms with Crippen LogP contribution in [-0.4, -0.2) is 4.99 Å². The Labute approximate surface area is 113 Å². The molecular formula is C12H10BrNO2S. The molecule has 0 bridgehead atoms. The van der Waals surface area contributed by atoms with Crippen LogP contribution in [0.15, 0.2) is 45.5 Å². The van der Waals surface area contributed by atoms with Crippen LogP contribution in [0.1, 0.15) is 11.3 Å². The minimum absolute atomic E-state index is 0.364. The summed E-state index contributed by atoms with van der Waals surface area (Å²) in [5.74, 6) is 1.50. The number of thiocarbonyl (C=S) groups is 1. The van der Waals surface area contributed by atoms with Gasteiger partial charge in [0.2, 0.25) is 0 Å². The van der Waals surface area contributed by atoms with E-state index in [1.165, 1.54) is 0 Å². The fraction of sp³-hybridized carbons (Fsp3) is 0.0833. The molecule has 0 aliphatic rings.